The third-order valence-corrected chi connectivity index (χ3v) is 3.78. The largest absolute Gasteiger partial charge is 0.404 e. The van der Waals surface area contributed by atoms with Crippen LogP contribution in [-0.2, 0) is 13.0 Å². The van der Waals surface area contributed by atoms with Gasteiger partial charge in [-0.15, -0.1) is 11.3 Å². The Labute approximate surface area is 116 Å². The van der Waals surface area contributed by atoms with Crippen LogP contribution in [-0.4, -0.2) is 19.7 Å². The molecule has 2 rings (SSSR count). The van der Waals surface area contributed by atoms with Crippen molar-refractivity contribution in [1.82, 2.24) is 14.8 Å². The summed E-state index contributed by atoms with van der Waals surface area (Å²) in [6.07, 6.45) is 3.62. The third-order valence-electron chi connectivity index (χ3n) is 2.26. The Morgan fingerprint density at radius 2 is 2.39 bits per heavy atom. The van der Waals surface area contributed by atoms with Crippen molar-refractivity contribution >= 4 is 33.1 Å². The van der Waals surface area contributed by atoms with Gasteiger partial charge in [0.25, 0.3) is 0 Å². The number of thiazole rings is 1. The quantitative estimate of drug-likeness (QED) is 0.623. The molecule has 0 aliphatic heterocycles. The van der Waals surface area contributed by atoms with Crippen molar-refractivity contribution in [2.45, 2.75) is 26.3 Å². The van der Waals surface area contributed by atoms with Crippen molar-refractivity contribution < 1.29 is 4.92 Å². The van der Waals surface area contributed by atoms with Crippen molar-refractivity contribution in [1.29, 1.82) is 0 Å². The Hall–Kier alpha value is -1.28. The second-order valence-electron chi connectivity index (χ2n) is 3.74. The summed E-state index contributed by atoms with van der Waals surface area (Å²) in [4.78, 5) is 14.6. The van der Waals surface area contributed by atoms with Gasteiger partial charge in [0, 0.05) is 5.38 Å². The number of rotatable bonds is 5. The Morgan fingerprint density at radius 3 is 3.00 bits per heavy atom. The predicted octanol–water partition coefficient (Wildman–Crippen LogP) is 3.01. The monoisotopic (exact) mass is 330 g/mol. The van der Waals surface area contributed by atoms with Crippen molar-refractivity contribution in [3.63, 3.8) is 0 Å². The lowest BCUT2D eigenvalue weighted by Crippen LogP contribution is -2.01. The molecule has 2 aromatic heterocycles. The van der Waals surface area contributed by atoms with Crippen LogP contribution in [0.15, 0.2) is 16.0 Å². The topological polar surface area (TPSA) is 73.8 Å². The highest BCUT2D eigenvalue weighted by Gasteiger charge is 2.19. The number of hydrogen-bond acceptors (Lipinski definition) is 5. The van der Waals surface area contributed by atoms with Crippen LogP contribution < -0.4 is 0 Å². The lowest BCUT2D eigenvalue weighted by Gasteiger charge is -1.92. The molecule has 0 saturated carbocycles. The van der Waals surface area contributed by atoms with Gasteiger partial charge >= 0.3 is 5.82 Å². The van der Waals surface area contributed by atoms with Gasteiger partial charge < -0.3 is 10.1 Å². The zero-order valence-electron chi connectivity index (χ0n) is 9.67. The molecule has 0 radical (unpaired) electrons. The molecule has 0 N–H and O–H groups in total. The molecule has 18 heavy (non-hydrogen) atoms. The second kappa shape index (κ2) is 5.57. The first-order valence-electron chi connectivity index (χ1n) is 5.40. The number of nitrogens with zero attached hydrogens (tertiary/aromatic N) is 4. The minimum atomic E-state index is -0.510. The first-order valence-corrected chi connectivity index (χ1v) is 7.08. The molecule has 0 aromatic carbocycles. The maximum atomic E-state index is 10.7. The molecule has 0 unspecified atom stereocenters. The maximum Gasteiger partial charge on any atom is 0.404 e. The van der Waals surface area contributed by atoms with E-state index in [1.54, 1.807) is 17.5 Å². The van der Waals surface area contributed by atoms with Crippen molar-refractivity contribution in [2.24, 2.45) is 0 Å². The van der Waals surface area contributed by atoms with Crippen LogP contribution >= 0.6 is 27.3 Å². The highest BCUT2D eigenvalue weighted by Crippen LogP contribution is 2.22. The smallest absolute Gasteiger partial charge is 0.358 e. The SMILES string of the molecule is CCCc1nc(Cn2cc(Br)c([N+](=O)[O-])n2)cs1. The summed E-state index contributed by atoms with van der Waals surface area (Å²) < 4.78 is 1.91. The van der Waals surface area contributed by atoms with Gasteiger partial charge in [0.2, 0.25) is 0 Å². The van der Waals surface area contributed by atoms with E-state index in [2.05, 4.69) is 32.9 Å². The fraction of sp³-hybridized carbons (Fsp3) is 0.400. The number of nitro groups is 1. The Kier molecular flexibility index (Phi) is 4.07. The van der Waals surface area contributed by atoms with E-state index in [0.29, 0.717) is 11.0 Å². The van der Waals surface area contributed by atoms with Crippen LogP contribution in [0.4, 0.5) is 5.82 Å². The summed E-state index contributed by atoms with van der Waals surface area (Å²) in [7, 11) is 0. The molecule has 0 amide bonds. The summed E-state index contributed by atoms with van der Waals surface area (Å²) in [5, 5.41) is 17.6. The van der Waals surface area contributed by atoms with E-state index in [1.807, 2.05) is 5.38 Å². The Balaban J connectivity index is 2.13. The van der Waals surface area contributed by atoms with Crippen LogP contribution in [0.25, 0.3) is 0 Å². The van der Waals surface area contributed by atoms with Crippen molar-refractivity contribution in [2.75, 3.05) is 0 Å². The van der Waals surface area contributed by atoms with Crippen LogP contribution in [0, 0.1) is 10.1 Å². The Bertz CT molecular complexity index is 566. The lowest BCUT2D eigenvalue weighted by molar-refractivity contribution is -0.390. The van der Waals surface area contributed by atoms with Gasteiger partial charge in [0.15, 0.2) is 0 Å². The summed E-state index contributed by atoms with van der Waals surface area (Å²) in [6, 6.07) is 0. The van der Waals surface area contributed by atoms with Crippen LogP contribution in [0.5, 0.6) is 0 Å². The van der Waals surface area contributed by atoms with Crippen molar-refractivity contribution in [3.05, 3.63) is 36.9 Å². The summed E-state index contributed by atoms with van der Waals surface area (Å²) in [5.41, 5.74) is 0.883. The van der Waals surface area contributed by atoms with Crippen LogP contribution in [0.3, 0.4) is 0 Å². The first-order chi connectivity index (χ1) is 8.60. The first kappa shape index (κ1) is 13.2. The zero-order chi connectivity index (χ0) is 13.1. The zero-order valence-corrected chi connectivity index (χ0v) is 12.1. The average molecular weight is 331 g/mol. The van der Waals surface area contributed by atoms with Gasteiger partial charge in [-0.3, -0.25) is 0 Å². The number of hydrogen-bond donors (Lipinski definition) is 0. The molecule has 0 bridgehead atoms. The van der Waals surface area contributed by atoms with Gasteiger partial charge in [0.1, 0.15) is 11.0 Å². The molecule has 0 saturated heterocycles. The van der Waals surface area contributed by atoms with Crippen LogP contribution in [0.2, 0.25) is 0 Å². The molecule has 2 heterocycles. The number of halogens is 1. The number of aromatic nitrogens is 3. The van der Waals surface area contributed by atoms with Gasteiger partial charge in [-0.1, -0.05) is 6.92 Å². The predicted molar refractivity (Wildman–Crippen MR) is 71.8 cm³/mol. The normalized spacial score (nSPS) is 10.8. The molecule has 0 atom stereocenters. The molecule has 0 spiro atoms. The van der Waals surface area contributed by atoms with Gasteiger partial charge in [0.05, 0.1) is 22.0 Å². The van der Waals surface area contributed by atoms with E-state index in [0.717, 1.165) is 23.5 Å². The summed E-state index contributed by atoms with van der Waals surface area (Å²) >= 11 is 4.73. The van der Waals surface area contributed by atoms with E-state index >= 15 is 0 Å². The Morgan fingerprint density at radius 1 is 1.61 bits per heavy atom. The van der Waals surface area contributed by atoms with E-state index in [1.165, 1.54) is 4.68 Å². The fourth-order valence-corrected chi connectivity index (χ4v) is 2.86. The van der Waals surface area contributed by atoms with E-state index < -0.39 is 4.92 Å². The molecule has 0 fully saturated rings. The van der Waals surface area contributed by atoms with E-state index in [-0.39, 0.29) is 5.82 Å². The lowest BCUT2D eigenvalue weighted by atomic mass is 10.3. The highest BCUT2D eigenvalue weighted by molar-refractivity contribution is 9.10. The minimum Gasteiger partial charge on any atom is -0.358 e. The van der Waals surface area contributed by atoms with Gasteiger partial charge in [-0.05, 0) is 33.7 Å². The molecule has 2 aromatic rings. The second-order valence-corrected chi connectivity index (χ2v) is 5.53. The molecule has 6 nitrogen and oxygen atoms in total. The van der Waals surface area contributed by atoms with Gasteiger partial charge in [-0.2, -0.15) is 4.68 Å². The molecular formula is C10H11BrN4O2S. The highest BCUT2D eigenvalue weighted by atomic mass is 79.9. The van der Waals surface area contributed by atoms with E-state index in [9.17, 15) is 10.1 Å². The van der Waals surface area contributed by atoms with E-state index in [4.69, 9.17) is 0 Å². The number of aryl methyl sites for hydroxylation is 1. The minimum absolute atomic E-state index is 0.168. The maximum absolute atomic E-state index is 10.7. The summed E-state index contributed by atoms with van der Waals surface area (Å²) in [6.45, 7) is 2.56. The van der Waals surface area contributed by atoms with Crippen molar-refractivity contribution in [3.8, 4) is 0 Å². The molecule has 0 aliphatic rings. The fourth-order valence-electron chi connectivity index (χ4n) is 1.51. The average Bonchev–Trinajstić information content (AvgIpc) is 2.87. The molecule has 96 valence electrons. The van der Waals surface area contributed by atoms with Crippen LogP contribution in [0.1, 0.15) is 24.0 Å². The summed E-state index contributed by atoms with van der Waals surface area (Å²) in [5.74, 6) is -0.168. The molecule has 0 aliphatic carbocycles. The third kappa shape index (κ3) is 2.94. The van der Waals surface area contributed by atoms with Gasteiger partial charge in [-0.25, -0.2) is 4.98 Å². The molecular weight excluding hydrogens is 320 g/mol. The molecule has 8 heteroatoms. The standard InChI is InChI=1S/C10H11BrN4O2S/c1-2-3-9-12-7(6-18-9)4-14-5-8(11)10(13-14)15(16)17/h5-6H,2-4H2,1H3.